The second-order valence-electron chi connectivity index (χ2n) is 10.7. The lowest BCUT2D eigenvalue weighted by molar-refractivity contribution is -0.0941. The summed E-state index contributed by atoms with van der Waals surface area (Å²) >= 11 is 0. The van der Waals surface area contributed by atoms with Gasteiger partial charge in [-0.05, 0) is 44.6 Å². The molecule has 1 fully saturated rings. The van der Waals surface area contributed by atoms with Crippen molar-refractivity contribution in [3.8, 4) is 11.6 Å². The van der Waals surface area contributed by atoms with Gasteiger partial charge in [0.25, 0.3) is 0 Å². The van der Waals surface area contributed by atoms with Crippen LogP contribution < -0.4 is 19.3 Å². The Bertz CT molecular complexity index is 1260. The van der Waals surface area contributed by atoms with Crippen molar-refractivity contribution < 1.29 is 26.9 Å². The summed E-state index contributed by atoms with van der Waals surface area (Å²) in [4.78, 5) is 18.2. The molecule has 2 aromatic heterocycles. The van der Waals surface area contributed by atoms with Gasteiger partial charge in [-0.25, -0.2) is 15.0 Å². The van der Waals surface area contributed by atoms with E-state index in [1.807, 2.05) is 17.0 Å². The van der Waals surface area contributed by atoms with E-state index in [1.54, 1.807) is 31.8 Å². The maximum absolute atomic E-state index is 13.2. The molecule has 12 heteroatoms. The lowest BCUT2D eigenvalue weighted by Crippen LogP contribution is -2.32. The normalized spacial score (nSPS) is 16.5. The molecule has 1 saturated carbocycles. The molecule has 2 aliphatic rings. The lowest BCUT2D eigenvalue weighted by atomic mass is 9.97. The fourth-order valence-corrected chi connectivity index (χ4v) is 5.71. The van der Waals surface area contributed by atoms with Crippen LogP contribution in [0.4, 0.5) is 24.8 Å². The van der Waals surface area contributed by atoms with Gasteiger partial charge in [0, 0.05) is 48.3 Å². The van der Waals surface area contributed by atoms with Crippen LogP contribution in [0.25, 0.3) is 0 Å². The molecule has 1 atom stereocenters. The van der Waals surface area contributed by atoms with Gasteiger partial charge in [0.15, 0.2) is 5.75 Å². The summed E-state index contributed by atoms with van der Waals surface area (Å²) in [5, 5.41) is 0. The average molecular weight is 608 g/mol. The zero-order valence-electron chi connectivity index (χ0n) is 24.5. The number of allylic oxidation sites excluding steroid dienone is 3. The number of rotatable bonds is 14. The number of methoxy groups -OCH3 is 1. The van der Waals surface area contributed by atoms with Crippen LogP contribution in [0.15, 0.2) is 47.8 Å². The van der Waals surface area contributed by atoms with Crippen LogP contribution in [0.1, 0.15) is 51.1 Å². The van der Waals surface area contributed by atoms with Crippen LogP contribution in [-0.4, -0.2) is 70.7 Å². The predicted molar refractivity (Wildman–Crippen MR) is 160 cm³/mol. The molecule has 0 aliphatic heterocycles. The quantitative estimate of drug-likeness (QED) is 0.264. The van der Waals surface area contributed by atoms with Crippen molar-refractivity contribution in [3.05, 3.63) is 53.5 Å². The molecule has 42 heavy (non-hydrogen) atoms. The number of hydrogen-bond acceptors (Lipinski definition) is 8. The molecular formula is C30H40F3N5O3S. The van der Waals surface area contributed by atoms with Crippen LogP contribution in [0.3, 0.4) is 0 Å². The Morgan fingerprint density at radius 2 is 1.79 bits per heavy atom. The van der Waals surface area contributed by atoms with E-state index in [-0.39, 0.29) is 13.0 Å². The number of nitrogens with zero attached hydrogens (tertiary/aromatic N) is 5. The fraction of sp³-hybridized carbons (Fsp3) is 0.567. The molecule has 0 aromatic carbocycles. The second-order valence-corrected chi connectivity index (χ2v) is 12.3. The minimum atomic E-state index is -4.33. The number of pyridine rings is 1. The summed E-state index contributed by atoms with van der Waals surface area (Å²) in [7, 11) is 0.601. The van der Waals surface area contributed by atoms with Gasteiger partial charge in [0.2, 0.25) is 11.8 Å². The average Bonchev–Trinajstić information content (AvgIpc) is 3.49. The molecule has 0 N–H and O–H groups in total. The van der Waals surface area contributed by atoms with E-state index in [0.717, 1.165) is 30.0 Å². The van der Waals surface area contributed by atoms with Crippen molar-refractivity contribution in [2.24, 2.45) is 5.92 Å². The van der Waals surface area contributed by atoms with E-state index < -0.39 is 22.5 Å². The minimum Gasteiger partial charge on any atom is -0.489 e. The van der Waals surface area contributed by atoms with E-state index >= 15 is 0 Å². The zero-order chi connectivity index (χ0) is 30.1. The van der Waals surface area contributed by atoms with Gasteiger partial charge in [-0.3, -0.25) is 4.21 Å². The molecule has 0 radical (unpaired) electrons. The Balaban J connectivity index is 1.63. The summed E-state index contributed by atoms with van der Waals surface area (Å²) in [5.41, 5.74) is 2.11. The van der Waals surface area contributed by atoms with Crippen LogP contribution in [0.5, 0.6) is 11.6 Å². The first-order valence-corrected chi connectivity index (χ1v) is 16.1. The summed E-state index contributed by atoms with van der Waals surface area (Å²) in [6, 6.07) is 3.89. The highest BCUT2D eigenvalue weighted by Gasteiger charge is 2.34. The Kier molecular flexibility index (Phi) is 11.2. The number of alkyl halides is 3. The highest BCUT2D eigenvalue weighted by molar-refractivity contribution is 7.84. The maximum Gasteiger partial charge on any atom is 0.412 e. The van der Waals surface area contributed by atoms with Gasteiger partial charge < -0.3 is 19.3 Å². The number of aromatic nitrogens is 3. The summed E-state index contributed by atoms with van der Waals surface area (Å²) in [5.74, 6) is 2.38. The van der Waals surface area contributed by atoms with Crippen molar-refractivity contribution in [1.29, 1.82) is 0 Å². The summed E-state index contributed by atoms with van der Waals surface area (Å²) in [6.45, 7) is 4.84. The molecular weight excluding hydrogens is 567 g/mol. The Labute approximate surface area is 248 Å². The van der Waals surface area contributed by atoms with E-state index in [2.05, 4.69) is 21.8 Å². The highest BCUT2D eigenvalue weighted by atomic mass is 32.2. The first-order valence-electron chi connectivity index (χ1n) is 14.4. The van der Waals surface area contributed by atoms with Gasteiger partial charge >= 0.3 is 6.18 Å². The van der Waals surface area contributed by atoms with Gasteiger partial charge in [-0.1, -0.05) is 30.6 Å². The smallest absolute Gasteiger partial charge is 0.412 e. The van der Waals surface area contributed by atoms with Crippen molar-refractivity contribution in [1.82, 2.24) is 15.0 Å². The topological polar surface area (TPSA) is 80.7 Å². The molecule has 4 rings (SSSR count). The van der Waals surface area contributed by atoms with Crippen molar-refractivity contribution in [3.63, 3.8) is 0 Å². The zero-order valence-corrected chi connectivity index (χ0v) is 25.3. The molecule has 1 unspecified atom stereocenters. The van der Waals surface area contributed by atoms with Crippen LogP contribution in [0.2, 0.25) is 0 Å². The molecule has 2 heterocycles. The van der Waals surface area contributed by atoms with Crippen molar-refractivity contribution in [2.45, 2.75) is 58.2 Å². The third kappa shape index (κ3) is 8.92. The van der Waals surface area contributed by atoms with E-state index in [0.29, 0.717) is 48.8 Å². The van der Waals surface area contributed by atoms with E-state index in [1.165, 1.54) is 31.8 Å². The van der Waals surface area contributed by atoms with Gasteiger partial charge in [-0.15, -0.1) is 0 Å². The molecule has 2 aromatic rings. The van der Waals surface area contributed by atoms with Crippen LogP contribution in [-0.2, 0) is 17.3 Å². The van der Waals surface area contributed by atoms with Crippen LogP contribution in [0, 0.1) is 5.92 Å². The fourth-order valence-electron chi connectivity index (χ4n) is 5.39. The maximum atomic E-state index is 13.2. The molecule has 0 amide bonds. The first-order chi connectivity index (χ1) is 20.2. The van der Waals surface area contributed by atoms with Gasteiger partial charge in [0.1, 0.15) is 0 Å². The number of halogens is 3. The van der Waals surface area contributed by atoms with Gasteiger partial charge in [-0.2, -0.15) is 13.2 Å². The highest BCUT2D eigenvalue weighted by Crippen LogP contribution is 2.34. The molecule has 2 aliphatic carbocycles. The third-order valence-corrected chi connectivity index (χ3v) is 8.42. The number of anilines is 2. The van der Waals surface area contributed by atoms with E-state index in [9.17, 15) is 17.4 Å². The summed E-state index contributed by atoms with van der Waals surface area (Å²) in [6.07, 6.45) is 8.32. The monoisotopic (exact) mass is 607 g/mol. The standard InChI is InChI=1S/C30H40F3N5O3S/c1-4-37(19-22-7-5-6-8-22)27-13-14-28(40-2)36-26(27)21-38(20-23-9-11-24(12-10-23)30(31,32)33)29-34-17-25(18-35-29)41-15-16-42(3)39/h9,11,13-14,17-18,22H,4-8,10,12,15-16,19-21H2,1-3H3. The van der Waals surface area contributed by atoms with Crippen molar-refractivity contribution in [2.75, 3.05) is 55.2 Å². The molecule has 8 nitrogen and oxygen atoms in total. The predicted octanol–water partition coefficient (Wildman–Crippen LogP) is 5.87. The third-order valence-electron chi connectivity index (χ3n) is 7.68. The molecule has 0 spiro atoms. The van der Waals surface area contributed by atoms with Crippen LogP contribution >= 0.6 is 0 Å². The molecule has 230 valence electrons. The number of ether oxygens (including phenoxy) is 2. The Morgan fingerprint density at radius 1 is 1.05 bits per heavy atom. The van der Waals surface area contributed by atoms with Crippen molar-refractivity contribution >= 4 is 22.4 Å². The molecule has 0 bridgehead atoms. The largest absolute Gasteiger partial charge is 0.489 e. The summed E-state index contributed by atoms with van der Waals surface area (Å²) < 4.78 is 62.2. The first kappa shape index (κ1) is 31.8. The number of hydrogen-bond donors (Lipinski definition) is 0. The SMILES string of the molecule is CCN(CC1CCCC1)c1ccc(OC)nc1CN(CC1=CC=C(C(F)(F)F)CC1)c1ncc(OCCS(C)=O)cn1. The van der Waals surface area contributed by atoms with E-state index in [4.69, 9.17) is 14.5 Å². The minimum absolute atomic E-state index is 0.0662. The second kappa shape index (κ2) is 14.8. The Hall–Kier alpha value is -3.15. The Morgan fingerprint density at radius 3 is 2.38 bits per heavy atom. The molecule has 0 saturated heterocycles. The lowest BCUT2D eigenvalue weighted by Gasteiger charge is -2.31. The van der Waals surface area contributed by atoms with Gasteiger partial charge in [0.05, 0.1) is 49.8 Å².